The van der Waals surface area contributed by atoms with Crippen molar-refractivity contribution in [3.63, 3.8) is 0 Å². The summed E-state index contributed by atoms with van der Waals surface area (Å²) < 4.78 is 4.93. The first-order valence-corrected chi connectivity index (χ1v) is 9.50. The van der Waals surface area contributed by atoms with Gasteiger partial charge in [0.15, 0.2) is 0 Å². The molecular weight excluding hydrogens is 346 g/mol. The highest BCUT2D eigenvalue weighted by Gasteiger charge is 2.26. The van der Waals surface area contributed by atoms with Gasteiger partial charge in [-0.3, -0.25) is 14.4 Å². The molecule has 3 amide bonds. The van der Waals surface area contributed by atoms with Crippen LogP contribution in [0, 0.1) is 0 Å². The molecule has 148 valence electrons. The summed E-state index contributed by atoms with van der Waals surface area (Å²) in [5, 5.41) is 2.93. The Morgan fingerprint density at radius 3 is 2.59 bits per heavy atom. The zero-order valence-corrected chi connectivity index (χ0v) is 16.4. The quantitative estimate of drug-likeness (QED) is 0.718. The molecule has 0 fully saturated rings. The molecule has 0 bridgehead atoms. The van der Waals surface area contributed by atoms with Crippen LogP contribution >= 0.6 is 0 Å². The summed E-state index contributed by atoms with van der Waals surface area (Å²) in [6.45, 7) is 5.90. The number of fused-ring (bicyclic) bond motifs is 1. The Labute approximate surface area is 160 Å². The second-order valence-corrected chi connectivity index (χ2v) is 6.50. The maximum absolute atomic E-state index is 12.3. The van der Waals surface area contributed by atoms with E-state index >= 15 is 0 Å². The minimum absolute atomic E-state index is 0.0383. The Kier molecular flexibility index (Phi) is 7.79. The number of anilines is 2. The van der Waals surface area contributed by atoms with Gasteiger partial charge in [-0.1, -0.05) is 6.07 Å². The van der Waals surface area contributed by atoms with Gasteiger partial charge < -0.3 is 19.9 Å². The topological polar surface area (TPSA) is 79.0 Å². The Bertz CT molecular complexity index is 686. The molecule has 0 aliphatic carbocycles. The smallest absolute Gasteiger partial charge is 0.252 e. The number of carbonyl (C=O) groups excluding carboxylic acids is 3. The van der Waals surface area contributed by atoms with Crippen LogP contribution in [0.15, 0.2) is 18.2 Å². The van der Waals surface area contributed by atoms with Gasteiger partial charge in [0, 0.05) is 56.5 Å². The highest BCUT2D eigenvalue weighted by atomic mass is 16.5. The molecule has 1 aromatic rings. The minimum Gasteiger partial charge on any atom is -0.375 e. The molecule has 27 heavy (non-hydrogen) atoms. The number of ether oxygens (including phenoxy) is 1. The van der Waals surface area contributed by atoms with Crippen molar-refractivity contribution in [1.82, 2.24) is 4.90 Å². The second kappa shape index (κ2) is 10.1. The number of benzene rings is 1. The lowest BCUT2D eigenvalue weighted by molar-refractivity contribution is -0.131. The van der Waals surface area contributed by atoms with Gasteiger partial charge in [-0.2, -0.15) is 0 Å². The van der Waals surface area contributed by atoms with Gasteiger partial charge in [0.05, 0.1) is 0 Å². The summed E-state index contributed by atoms with van der Waals surface area (Å²) in [5.74, 6) is -0.118. The van der Waals surface area contributed by atoms with Crippen molar-refractivity contribution in [3.8, 4) is 0 Å². The third-order valence-electron chi connectivity index (χ3n) is 4.78. The van der Waals surface area contributed by atoms with Crippen molar-refractivity contribution in [3.05, 3.63) is 23.8 Å². The average Bonchev–Trinajstić information content (AvgIpc) is 3.08. The summed E-state index contributed by atoms with van der Waals surface area (Å²) >= 11 is 0. The molecule has 1 aliphatic heterocycles. The average molecular weight is 375 g/mol. The van der Waals surface area contributed by atoms with E-state index in [2.05, 4.69) is 5.32 Å². The molecule has 1 aliphatic rings. The summed E-state index contributed by atoms with van der Waals surface area (Å²) in [6, 6.07) is 5.56. The zero-order chi connectivity index (χ0) is 19.8. The highest BCUT2D eigenvalue weighted by molar-refractivity contribution is 5.99. The molecule has 0 radical (unpaired) electrons. The van der Waals surface area contributed by atoms with Crippen LogP contribution in [0.2, 0.25) is 0 Å². The third-order valence-corrected chi connectivity index (χ3v) is 4.78. The summed E-state index contributed by atoms with van der Waals surface area (Å²) in [6.07, 6.45) is 1.89. The largest absolute Gasteiger partial charge is 0.375 e. The number of hydrogen-bond acceptors (Lipinski definition) is 4. The van der Waals surface area contributed by atoms with E-state index in [1.807, 2.05) is 32.0 Å². The Balaban J connectivity index is 1.92. The fourth-order valence-corrected chi connectivity index (χ4v) is 3.36. The van der Waals surface area contributed by atoms with E-state index in [0.717, 1.165) is 16.9 Å². The van der Waals surface area contributed by atoms with Crippen LogP contribution in [0.3, 0.4) is 0 Å². The van der Waals surface area contributed by atoms with Gasteiger partial charge in [0.25, 0.3) is 5.91 Å². The maximum Gasteiger partial charge on any atom is 0.252 e. The molecule has 0 saturated heterocycles. The van der Waals surface area contributed by atoms with Crippen LogP contribution in [-0.4, -0.2) is 56.0 Å². The third kappa shape index (κ3) is 5.29. The highest BCUT2D eigenvalue weighted by Crippen LogP contribution is 2.33. The Morgan fingerprint density at radius 2 is 1.93 bits per heavy atom. The molecule has 0 spiro atoms. The maximum atomic E-state index is 12.3. The van der Waals surface area contributed by atoms with Crippen LogP contribution in [-0.2, 0) is 25.5 Å². The van der Waals surface area contributed by atoms with E-state index in [1.54, 1.807) is 9.80 Å². The minimum atomic E-state index is -0.114. The van der Waals surface area contributed by atoms with Crippen molar-refractivity contribution in [2.75, 3.05) is 43.6 Å². The molecule has 0 saturated carbocycles. The molecule has 0 atom stereocenters. The van der Waals surface area contributed by atoms with Crippen LogP contribution in [0.4, 0.5) is 11.4 Å². The second-order valence-electron chi connectivity index (χ2n) is 6.50. The van der Waals surface area contributed by atoms with E-state index < -0.39 is 0 Å². The predicted molar refractivity (Wildman–Crippen MR) is 105 cm³/mol. The standard InChI is InChI=1S/C20H29N3O4/c1-4-22(5-2)19(25)11-7-10-18(24)21-16-8-6-9-17-15(16)12-13-23(17)20(26)14-27-3/h6,8-9H,4-5,7,10-14H2,1-3H3,(H,21,24). The van der Waals surface area contributed by atoms with Crippen molar-refractivity contribution in [1.29, 1.82) is 0 Å². The first kappa shape index (κ1) is 20.9. The molecule has 1 aromatic carbocycles. The Morgan fingerprint density at radius 1 is 1.19 bits per heavy atom. The van der Waals surface area contributed by atoms with Crippen LogP contribution < -0.4 is 10.2 Å². The van der Waals surface area contributed by atoms with E-state index in [9.17, 15) is 14.4 Å². The molecule has 0 unspecified atom stereocenters. The van der Waals surface area contributed by atoms with Gasteiger partial charge in [0.2, 0.25) is 11.8 Å². The van der Waals surface area contributed by atoms with Gasteiger partial charge in [-0.05, 0) is 38.8 Å². The lowest BCUT2D eigenvalue weighted by Gasteiger charge is -2.18. The van der Waals surface area contributed by atoms with E-state index in [1.165, 1.54) is 7.11 Å². The van der Waals surface area contributed by atoms with Crippen LogP contribution in [0.1, 0.15) is 38.7 Å². The zero-order valence-electron chi connectivity index (χ0n) is 16.4. The molecule has 2 rings (SSSR count). The summed E-state index contributed by atoms with van der Waals surface area (Å²) in [5.41, 5.74) is 2.53. The van der Waals surface area contributed by atoms with Crippen LogP contribution in [0.5, 0.6) is 0 Å². The van der Waals surface area contributed by atoms with E-state index in [-0.39, 0.29) is 24.3 Å². The normalized spacial score (nSPS) is 12.6. The molecule has 7 nitrogen and oxygen atoms in total. The van der Waals surface area contributed by atoms with Crippen LogP contribution in [0.25, 0.3) is 0 Å². The van der Waals surface area contributed by atoms with E-state index in [4.69, 9.17) is 4.74 Å². The van der Waals surface area contributed by atoms with E-state index in [0.29, 0.717) is 45.3 Å². The lowest BCUT2D eigenvalue weighted by Crippen LogP contribution is -2.31. The molecule has 0 aromatic heterocycles. The SMILES string of the molecule is CCN(CC)C(=O)CCCC(=O)Nc1cccc2c1CCN2C(=O)COC. The van der Waals surface area contributed by atoms with Gasteiger partial charge in [0.1, 0.15) is 6.61 Å². The van der Waals surface area contributed by atoms with Crippen molar-refractivity contribution in [2.45, 2.75) is 39.5 Å². The van der Waals surface area contributed by atoms with Crippen molar-refractivity contribution in [2.24, 2.45) is 0 Å². The van der Waals surface area contributed by atoms with Crippen molar-refractivity contribution < 1.29 is 19.1 Å². The molecule has 1 heterocycles. The van der Waals surface area contributed by atoms with Crippen molar-refractivity contribution >= 4 is 29.1 Å². The fraction of sp³-hybridized carbons (Fsp3) is 0.550. The lowest BCUT2D eigenvalue weighted by atomic mass is 10.1. The summed E-state index contributed by atoms with van der Waals surface area (Å²) in [7, 11) is 1.50. The Hall–Kier alpha value is -2.41. The van der Waals surface area contributed by atoms with Gasteiger partial charge in [-0.15, -0.1) is 0 Å². The molecular formula is C20H29N3O4. The first-order valence-electron chi connectivity index (χ1n) is 9.50. The number of nitrogens with one attached hydrogen (secondary N) is 1. The number of rotatable bonds is 9. The number of carbonyl (C=O) groups is 3. The number of amides is 3. The number of methoxy groups -OCH3 is 1. The fourth-order valence-electron chi connectivity index (χ4n) is 3.36. The molecule has 7 heteroatoms. The van der Waals surface area contributed by atoms with Gasteiger partial charge in [-0.25, -0.2) is 0 Å². The first-order chi connectivity index (χ1) is 13.0. The van der Waals surface area contributed by atoms with Gasteiger partial charge >= 0.3 is 0 Å². The number of hydrogen-bond donors (Lipinski definition) is 1. The monoisotopic (exact) mass is 375 g/mol. The summed E-state index contributed by atoms with van der Waals surface area (Å²) in [4.78, 5) is 39.9. The predicted octanol–water partition coefficient (Wildman–Crippen LogP) is 2.20. The molecule has 1 N–H and O–H groups in total. The number of nitrogens with zero attached hydrogens (tertiary/aromatic N) is 2.